The summed E-state index contributed by atoms with van der Waals surface area (Å²) in [6, 6.07) is 7.73. The van der Waals surface area contributed by atoms with E-state index in [1.807, 2.05) is 29.2 Å². The van der Waals surface area contributed by atoms with E-state index in [1.165, 1.54) is 0 Å². The maximum Gasteiger partial charge on any atom is 0.246 e. The number of amides is 2. The monoisotopic (exact) mass is 393 g/mol. The van der Waals surface area contributed by atoms with E-state index in [-0.39, 0.29) is 23.8 Å². The highest BCUT2D eigenvalue weighted by molar-refractivity contribution is 9.10. The quantitative estimate of drug-likeness (QED) is 0.822. The highest BCUT2D eigenvalue weighted by Gasteiger charge is 2.37. The molecule has 24 heavy (non-hydrogen) atoms. The van der Waals surface area contributed by atoms with E-state index in [4.69, 9.17) is 5.73 Å². The van der Waals surface area contributed by atoms with Crippen LogP contribution in [0.1, 0.15) is 38.2 Å². The normalized spacial score (nSPS) is 21.2. The fourth-order valence-corrected chi connectivity index (χ4v) is 3.40. The van der Waals surface area contributed by atoms with Gasteiger partial charge >= 0.3 is 0 Å². The minimum atomic E-state index is -1.04. The van der Waals surface area contributed by atoms with Crippen LogP contribution in [0.15, 0.2) is 28.7 Å². The Morgan fingerprint density at radius 1 is 1.17 bits per heavy atom. The molecular weight excluding hydrogens is 370 g/mol. The number of carbonyl (C=O) groups is 2. The van der Waals surface area contributed by atoms with Gasteiger partial charge in [0.1, 0.15) is 5.54 Å². The van der Waals surface area contributed by atoms with Gasteiger partial charge in [-0.2, -0.15) is 0 Å². The van der Waals surface area contributed by atoms with Crippen LogP contribution in [0, 0.1) is 5.92 Å². The zero-order valence-electron chi connectivity index (χ0n) is 13.9. The van der Waals surface area contributed by atoms with Crippen LogP contribution in [0.5, 0.6) is 0 Å². The fraction of sp³-hybridized carbons (Fsp3) is 0.556. The van der Waals surface area contributed by atoms with Crippen molar-refractivity contribution < 1.29 is 9.59 Å². The Kier molecular flexibility index (Phi) is 4.97. The predicted octanol–water partition coefficient (Wildman–Crippen LogP) is 2.14. The molecule has 6 heteroatoms. The maximum atomic E-state index is 12.9. The number of carbonyl (C=O) groups excluding carboxylic acids is 2. The molecule has 1 saturated carbocycles. The second-order valence-electron chi connectivity index (χ2n) is 7.06. The summed E-state index contributed by atoms with van der Waals surface area (Å²) in [6.07, 6.45) is 3.62. The Morgan fingerprint density at radius 3 is 2.29 bits per heavy atom. The molecule has 2 fully saturated rings. The summed E-state index contributed by atoms with van der Waals surface area (Å²) in [6.45, 7) is 3.04. The van der Waals surface area contributed by atoms with Crippen molar-refractivity contribution in [2.45, 2.75) is 44.2 Å². The van der Waals surface area contributed by atoms with E-state index in [0.29, 0.717) is 13.1 Å². The molecule has 1 unspecified atom stereocenters. The fourth-order valence-electron chi connectivity index (χ4n) is 3.14. The molecule has 1 heterocycles. The van der Waals surface area contributed by atoms with Crippen molar-refractivity contribution in [3.63, 3.8) is 0 Å². The first-order valence-electron chi connectivity index (χ1n) is 8.52. The van der Waals surface area contributed by atoms with Crippen molar-refractivity contribution in [2.75, 3.05) is 13.1 Å². The lowest BCUT2D eigenvalue weighted by Gasteiger charge is -2.37. The van der Waals surface area contributed by atoms with Crippen molar-refractivity contribution in [1.29, 1.82) is 0 Å². The first-order chi connectivity index (χ1) is 11.4. The standard InChI is InChI=1S/C18H24BrN3O2/c1-18(20,13-4-6-14(19)7-5-13)17(24)22-10-8-15(9-11-22)21-16(23)12-2-3-12/h4-7,12,15H,2-3,8-11,20H2,1H3,(H,21,23). The van der Waals surface area contributed by atoms with Crippen LogP contribution in [0.4, 0.5) is 0 Å². The van der Waals surface area contributed by atoms with Gasteiger partial charge in [0.15, 0.2) is 0 Å². The third kappa shape index (κ3) is 3.81. The Balaban J connectivity index is 1.57. The van der Waals surface area contributed by atoms with E-state index in [2.05, 4.69) is 21.2 Å². The van der Waals surface area contributed by atoms with Gasteiger partial charge in [0.05, 0.1) is 0 Å². The van der Waals surface area contributed by atoms with Crippen LogP contribution in [-0.4, -0.2) is 35.8 Å². The van der Waals surface area contributed by atoms with Crippen LogP contribution < -0.4 is 11.1 Å². The molecule has 1 saturated heterocycles. The molecule has 2 aliphatic rings. The van der Waals surface area contributed by atoms with Crippen LogP contribution in [0.2, 0.25) is 0 Å². The Labute approximate surface area is 151 Å². The third-order valence-electron chi connectivity index (χ3n) is 4.96. The number of hydrogen-bond donors (Lipinski definition) is 2. The number of likely N-dealkylation sites (tertiary alicyclic amines) is 1. The van der Waals surface area contributed by atoms with Gasteiger partial charge < -0.3 is 16.0 Å². The highest BCUT2D eigenvalue weighted by atomic mass is 79.9. The van der Waals surface area contributed by atoms with Gasteiger partial charge in [-0.3, -0.25) is 9.59 Å². The molecule has 3 N–H and O–H groups in total. The number of piperidine rings is 1. The van der Waals surface area contributed by atoms with Crippen LogP contribution in [0.25, 0.3) is 0 Å². The molecule has 1 aliphatic carbocycles. The molecule has 1 aromatic carbocycles. The molecule has 0 spiro atoms. The summed E-state index contributed by atoms with van der Waals surface area (Å²) in [5, 5.41) is 3.10. The van der Waals surface area contributed by atoms with Crippen molar-refractivity contribution in [3.05, 3.63) is 34.3 Å². The van der Waals surface area contributed by atoms with Crippen molar-refractivity contribution in [2.24, 2.45) is 11.7 Å². The topological polar surface area (TPSA) is 75.4 Å². The van der Waals surface area contributed by atoms with Crippen LogP contribution >= 0.6 is 15.9 Å². The van der Waals surface area contributed by atoms with Crippen molar-refractivity contribution >= 4 is 27.7 Å². The second kappa shape index (κ2) is 6.84. The molecule has 130 valence electrons. The summed E-state index contributed by atoms with van der Waals surface area (Å²) in [7, 11) is 0. The molecule has 1 atom stereocenters. The van der Waals surface area contributed by atoms with Gasteiger partial charge in [-0.25, -0.2) is 0 Å². The maximum absolute atomic E-state index is 12.9. The summed E-state index contributed by atoms with van der Waals surface area (Å²) in [5.41, 5.74) is 6.12. The summed E-state index contributed by atoms with van der Waals surface area (Å²) >= 11 is 3.40. The molecule has 0 radical (unpaired) electrons. The largest absolute Gasteiger partial charge is 0.353 e. The van der Waals surface area contributed by atoms with Gasteiger partial charge in [-0.1, -0.05) is 28.1 Å². The molecule has 1 aliphatic heterocycles. The van der Waals surface area contributed by atoms with Crippen LogP contribution in [-0.2, 0) is 15.1 Å². The first-order valence-corrected chi connectivity index (χ1v) is 9.32. The molecule has 1 aromatic rings. The summed E-state index contributed by atoms with van der Waals surface area (Å²) in [5.74, 6) is 0.351. The average Bonchev–Trinajstić information content (AvgIpc) is 3.40. The lowest BCUT2D eigenvalue weighted by Crippen LogP contribution is -2.55. The zero-order valence-corrected chi connectivity index (χ0v) is 15.5. The Bertz CT molecular complexity index is 618. The van der Waals surface area contributed by atoms with E-state index in [1.54, 1.807) is 6.92 Å². The van der Waals surface area contributed by atoms with Crippen LogP contribution in [0.3, 0.4) is 0 Å². The number of hydrogen-bond acceptors (Lipinski definition) is 3. The Hall–Kier alpha value is -1.40. The van der Waals surface area contributed by atoms with Gasteiger partial charge in [0.25, 0.3) is 0 Å². The SMILES string of the molecule is CC(N)(C(=O)N1CCC(NC(=O)C2CC2)CC1)c1ccc(Br)cc1. The first kappa shape index (κ1) is 17.4. The predicted molar refractivity (Wildman–Crippen MR) is 96.2 cm³/mol. The molecule has 2 amide bonds. The van der Waals surface area contributed by atoms with E-state index < -0.39 is 5.54 Å². The van der Waals surface area contributed by atoms with E-state index in [0.717, 1.165) is 35.7 Å². The lowest BCUT2D eigenvalue weighted by atomic mass is 9.90. The Morgan fingerprint density at radius 2 is 1.75 bits per heavy atom. The number of benzene rings is 1. The van der Waals surface area contributed by atoms with Crippen molar-refractivity contribution in [1.82, 2.24) is 10.2 Å². The molecule has 5 nitrogen and oxygen atoms in total. The van der Waals surface area contributed by atoms with Crippen molar-refractivity contribution in [3.8, 4) is 0 Å². The second-order valence-corrected chi connectivity index (χ2v) is 7.97. The number of nitrogens with one attached hydrogen (secondary N) is 1. The zero-order chi connectivity index (χ0) is 17.3. The number of halogens is 1. The van der Waals surface area contributed by atoms with Gasteiger partial charge in [0, 0.05) is 29.5 Å². The van der Waals surface area contributed by atoms with Gasteiger partial charge in [-0.05, 0) is 50.3 Å². The molecular formula is C18H24BrN3O2. The molecule has 0 bridgehead atoms. The average molecular weight is 394 g/mol. The minimum absolute atomic E-state index is 0.0585. The summed E-state index contributed by atoms with van der Waals surface area (Å²) < 4.78 is 0.960. The highest BCUT2D eigenvalue weighted by Crippen LogP contribution is 2.29. The smallest absolute Gasteiger partial charge is 0.246 e. The van der Waals surface area contributed by atoms with Gasteiger partial charge in [0.2, 0.25) is 11.8 Å². The number of rotatable bonds is 4. The number of nitrogens with two attached hydrogens (primary N) is 1. The summed E-state index contributed by atoms with van der Waals surface area (Å²) in [4.78, 5) is 26.5. The van der Waals surface area contributed by atoms with Gasteiger partial charge in [-0.15, -0.1) is 0 Å². The third-order valence-corrected chi connectivity index (χ3v) is 5.49. The minimum Gasteiger partial charge on any atom is -0.353 e. The number of nitrogens with zero attached hydrogens (tertiary/aromatic N) is 1. The lowest BCUT2D eigenvalue weighted by molar-refractivity contribution is -0.138. The van der Waals surface area contributed by atoms with E-state index in [9.17, 15) is 9.59 Å². The molecule has 0 aromatic heterocycles. The molecule has 3 rings (SSSR count). The van der Waals surface area contributed by atoms with E-state index >= 15 is 0 Å².